The molecule has 3 unspecified atom stereocenters. The molecule has 16 heavy (non-hydrogen) atoms. The van der Waals surface area contributed by atoms with E-state index in [1.54, 1.807) is 11.3 Å². The van der Waals surface area contributed by atoms with Crippen LogP contribution in [0.1, 0.15) is 55.4 Å². The van der Waals surface area contributed by atoms with Gasteiger partial charge in [-0.05, 0) is 19.8 Å². The summed E-state index contributed by atoms with van der Waals surface area (Å²) in [5.74, 6) is 0.432. The molecule has 3 nitrogen and oxygen atoms in total. The van der Waals surface area contributed by atoms with Crippen LogP contribution in [0.3, 0.4) is 0 Å². The monoisotopic (exact) mass is 240 g/mol. The molecule has 1 aliphatic rings. The smallest absolute Gasteiger partial charge is 0.110 e. The summed E-state index contributed by atoms with van der Waals surface area (Å²) in [7, 11) is 0. The molecule has 4 heteroatoms. The van der Waals surface area contributed by atoms with Crippen molar-refractivity contribution < 1.29 is 4.74 Å². The molecule has 0 bridgehead atoms. The molecule has 1 aliphatic heterocycles. The van der Waals surface area contributed by atoms with Gasteiger partial charge in [-0.1, -0.05) is 13.8 Å². The van der Waals surface area contributed by atoms with Gasteiger partial charge >= 0.3 is 0 Å². The van der Waals surface area contributed by atoms with Crippen LogP contribution < -0.4 is 5.73 Å². The molecule has 0 aromatic carbocycles. The van der Waals surface area contributed by atoms with Crippen molar-refractivity contribution in [2.24, 2.45) is 11.7 Å². The van der Waals surface area contributed by atoms with Gasteiger partial charge in [0, 0.05) is 6.42 Å². The first kappa shape index (κ1) is 12.0. The van der Waals surface area contributed by atoms with E-state index in [0.29, 0.717) is 5.92 Å². The van der Waals surface area contributed by atoms with Crippen LogP contribution >= 0.6 is 11.3 Å². The topological polar surface area (TPSA) is 48.1 Å². The van der Waals surface area contributed by atoms with E-state index in [1.807, 2.05) is 0 Å². The van der Waals surface area contributed by atoms with Crippen LogP contribution in [0.2, 0.25) is 0 Å². The molecule has 90 valence electrons. The van der Waals surface area contributed by atoms with Crippen molar-refractivity contribution in [1.82, 2.24) is 4.98 Å². The van der Waals surface area contributed by atoms with Gasteiger partial charge in [0.05, 0.1) is 28.8 Å². The Bertz CT molecular complexity index is 375. The van der Waals surface area contributed by atoms with Gasteiger partial charge in [0.1, 0.15) is 5.01 Å². The maximum absolute atomic E-state index is 6.14. The van der Waals surface area contributed by atoms with Crippen LogP contribution in [-0.4, -0.2) is 11.1 Å². The van der Waals surface area contributed by atoms with Crippen LogP contribution in [0.25, 0.3) is 0 Å². The fraction of sp³-hybridized carbons (Fsp3) is 0.750. The minimum atomic E-state index is 0.0538. The van der Waals surface area contributed by atoms with Crippen molar-refractivity contribution >= 4 is 11.3 Å². The van der Waals surface area contributed by atoms with Gasteiger partial charge in [0.15, 0.2) is 0 Å². The van der Waals surface area contributed by atoms with Crippen molar-refractivity contribution in [1.29, 1.82) is 0 Å². The van der Waals surface area contributed by atoms with E-state index < -0.39 is 0 Å². The van der Waals surface area contributed by atoms with E-state index in [1.165, 1.54) is 10.6 Å². The minimum Gasteiger partial charge on any atom is -0.370 e. The average molecular weight is 240 g/mol. The van der Waals surface area contributed by atoms with Crippen LogP contribution in [0.4, 0.5) is 0 Å². The first-order valence-electron chi connectivity index (χ1n) is 5.89. The van der Waals surface area contributed by atoms with Gasteiger partial charge in [-0.3, -0.25) is 0 Å². The Morgan fingerprint density at radius 2 is 2.12 bits per heavy atom. The average Bonchev–Trinajstić information content (AvgIpc) is 2.60. The molecule has 2 heterocycles. The Labute approximate surface area is 101 Å². The van der Waals surface area contributed by atoms with E-state index in [0.717, 1.165) is 11.4 Å². The number of fused-ring (bicyclic) bond motifs is 1. The molecule has 0 spiro atoms. The van der Waals surface area contributed by atoms with Gasteiger partial charge in [0.25, 0.3) is 0 Å². The predicted molar refractivity (Wildman–Crippen MR) is 66.5 cm³/mol. The first-order chi connectivity index (χ1) is 7.49. The Hall–Kier alpha value is -0.450. The number of rotatable bonds is 2. The quantitative estimate of drug-likeness (QED) is 0.864. The third kappa shape index (κ3) is 2.14. The second kappa shape index (κ2) is 4.43. The summed E-state index contributed by atoms with van der Waals surface area (Å²) >= 11 is 1.72. The van der Waals surface area contributed by atoms with E-state index >= 15 is 0 Å². The molecular formula is C12H20N2OS. The molecule has 2 N–H and O–H groups in total. The SMILES string of the molecule is CC1Cc2nc(C(N)C(C)C)sc2C(C)O1. The highest BCUT2D eigenvalue weighted by Gasteiger charge is 2.27. The Kier molecular flexibility index (Phi) is 3.33. The van der Waals surface area contributed by atoms with Crippen molar-refractivity contribution in [3.05, 3.63) is 15.6 Å². The Morgan fingerprint density at radius 1 is 1.44 bits per heavy atom. The van der Waals surface area contributed by atoms with Gasteiger partial charge in [-0.15, -0.1) is 11.3 Å². The third-order valence-corrected chi connectivity index (χ3v) is 4.39. The summed E-state index contributed by atoms with van der Waals surface area (Å²) in [6, 6.07) is 0.0538. The largest absolute Gasteiger partial charge is 0.370 e. The highest BCUT2D eigenvalue weighted by Crippen LogP contribution is 2.36. The highest BCUT2D eigenvalue weighted by molar-refractivity contribution is 7.11. The molecular weight excluding hydrogens is 220 g/mol. The summed E-state index contributed by atoms with van der Waals surface area (Å²) < 4.78 is 5.80. The molecule has 1 aromatic heterocycles. The number of ether oxygens (including phenoxy) is 1. The van der Waals surface area contributed by atoms with Crippen LogP contribution in [0.5, 0.6) is 0 Å². The lowest BCUT2D eigenvalue weighted by Gasteiger charge is -2.23. The lowest BCUT2D eigenvalue weighted by Crippen LogP contribution is -2.21. The number of nitrogens with two attached hydrogens (primary N) is 1. The lowest BCUT2D eigenvalue weighted by atomic mass is 10.1. The Morgan fingerprint density at radius 3 is 2.75 bits per heavy atom. The van der Waals surface area contributed by atoms with Crippen molar-refractivity contribution in [2.45, 2.75) is 52.4 Å². The van der Waals surface area contributed by atoms with Gasteiger partial charge < -0.3 is 10.5 Å². The van der Waals surface area contributed by atoms with Crippen molar-refractivity contribution in [3.8, 4) is 0 Å². The van der Waals surface area contributed by atoms with Crippen LogP contribution in [0, 0.1) is 5.92 Å². The van der Waals surface area contributed by atoms with E-state index in [-0.39, 0.29) is 18.2 Å². The molecule has 0 saturated heterocycles. The zero-order valence-corrected chi connectivity index (χ0v) is 11.2. The van der Waals surface area contributed by atoms with E-state index in [2.05, 4.69) is 32.7 Å². The van der Waals surface area contributed by atoms with Crippen molar-refractivity contribution in [2.75, 3.05) is 0 Å². The maximum atomic E-state index is 6.14. The fourth-order valence-corrected chi connectivity index (χ4v) is 3.26. The number of hydrogen-bond donors (Lipinski definition) is 1. The Balaban J connectivity index is 2.29. The van der Waals surface area contributed by atoms with E-state index in [4.69, 9.17) is 10.5 Å². The predicted octanol–water partition coefficient (Wildman–Crippen LogP) is 2.82. The lowest BCUT2D eigenvalue weighted by molar-refractivity contribution is -0.00319. The van der Waals surface area contributed by atoms with Crippen LogP contribution in [-0.2, 0) is 11.2 Å². The molecule has 0 amide bonds. The molecule has 0 radical (unpaired) electrons. The van der Waals surface area contributed by atoms with Crippen molar-refractivity contribution in [3.63, 3.8) is 0 Å². The summed E-state index contributed by atoms with van der Waals surface area (Å²) in [4.78, 5) is 5.95. The first-order valence-corrected chi connectivity index (χ1v) is 6.71. The normalized spacial score (nSPS) is 26.9. The highest BCUT2D eigenvalue weighted by atomic mass is 32.1. The van der Waals surface area contributed by atoms with E-state index in [9.17, 15) is 0 Å². The second-order valence-corrected chi connectivity index (χ2v) is 5.99. The molecule has 3 atom stereocenters. The molecule has 0 aliphatic carbocycles. The standard InChI is InChI=1S/C12H20N2OS/c1-6(2)10(13)12-14-9-5-7(3)15-8(4)11(9)16-12/h6-8,10H,5,13H2,1-4H3. The zero-order valence-electron chi connectivity index (χ0n) is 10.4. The van der Waals surface area contributed by atoms with Gasteiger partial charge in [0.2, 0.25) is 0 Å². The number of nitrogens with zero attached hydrogens (tertiary/aromatic N) is 1. The second-order valence-electron chi connectivity index (χ2n) is 4.93. The number of hydrogen-bond acceptors (Lipinski definition) is 4. The van der Waals surface area contributed by atoms with Crippen LogP contribution in [0.15, 0.2) is 0 Å². The molecule has 2 rings (SSSR count). The molecule has 1 aromatic rings. The summed E-state index contributed by atoms with van der Waals surface area (Å²) in [5.41, 5.74) is 7.33. The van der Waals surface area contributed by atoms with Gasteiger partial charge in [-0.2, -0.15) is 0 Å². The summed E-state index contributed by atoms with van der Waals surface area (Å²) in [6.07, 6.45) is 1.36. The zero-order chi connectivity index (χ0) is 11.9. The molecule has 0 saturated carbocycles. The maximum Gasteiger partial charge on any atom is 0.110 e. The minimum absolute atomic E-state index is 0.0538. The van der Waals surface area contributed by atoms with Gasteiger partial charge in [-0.25, -0.2) is 4.98 Å². The number of thiazole rings is 1. The summed E-state index contributed by atoms with van der Waals surface area (Å²) in [6.45, 7) is 8.46. The third-order valence-electron chi connectivity index (χ3n) is 3.03. The summed E-state index contributed by atoms with van der Waals surface area (Å²) in [5, 5.41) is 1.06. The fourth-order valence-electron chi connectivity index (χ4n) is 2.00. The number of aromatic nitrogens is 1. The molecule has 0 fully saturated rings.